The van der Waals surface area contributed by atoms with Gasteiger partial charge >= 0.3 is 5.97 Å². The maximum Gasteiger partial charge on any atom is 0.304 e. The zero-order chi connectivity index (χ0) is 12.7. The molecule has 0 spiro atoms. The Morgan fingerprint density at radius 2 is 2.35 bits per heavy atom. The van der Waals surface area contributed by atoms with Gasteiger partial charge in [-0.3, -0.25) is 9.59 Å². The molecule has 1 amide bonds. The highest BCUT2D eigenvalue weighted by molar-refractivity contribution is 7.99. The summed E-state index contributed by atoms with van der Waals surface area (Å²) in [7, 11) is 0. The van der Waals surface area contributed by atoms with Crippen molar-refractivity contribution in [2.24, 2.45) is 0 Å². The monoisotopic (exact) mass is 257 g/mol. The van der Waals surface area contributed by atoms with Gasteiger partial charge in [-0.1, -0.05) is 0 Å². The minimum atomic E-state index is -0.845. The van der Waals surface area contributed by atoms with Crippen molar-refractivity contribution < 1.29 is 19.1 Å². The summed E-state index contributed by atoms with van der Waals surface area (Å²) in [5, 5.41) is 11.2. The third kappa shape index (κ3) is 5.44. The molecule has 0 fully saturated rings. The number of carbonyl (C=O) groups is 2. The summed E-state index contributed by atoms with van der Waals surface area (Å²) in [5.41, 5.74) is 0. The lowest BCUT2D eigenvalue weighted by molar-refractivity contribution is -0.136. The number of nitrogens with one attached hydrogen (secondary N) is 1. The Bertz CT molecular complexity index is 364. The highest BCUT2D eigenvalue weighted by atomic mass is 32.2. The van der Waals surface area contributed by atoms with Crippen LogP contribution >= 0.6 is 11.8 Å². The highest BCUT2D eigenvalue weighted by Crippen LogP contribution is 2.12. The van der Waals surface area contributed by atoms with E-state index in [0.29, 0.717) is 11.5 Å². The number of carboxylic acids is 1. The van der Waals surface area contributed by atoms with Gasteiger partial charge in [-0.15, -0.1) is 0 Å². The van der Waals surface area contributed by atoms with E-state index in [9.17, 15) is 9.59 Å². The molecule has 1 atom stereocenters. The molecule has 5 nitrogen and oxygen atoms in total. The lowest BCUT2D eigenvalue weighted by atomic mass is 10.2. The standard InChI is InChI=1S/C11H15NO4S/c1-8(9-3-2-5-16-9)12-10(13)7-17-6-4-11(14)15/h2-3,5,8H,4,6-7H2,1H3,(H,12,13)(H,14,15). The van der Waals surface area contributed by atoms with Gasteiger partial charge in [0.05, 0.1) is 24.5 Å². The first-order valence-corrected chi connectivity index (χ1v) is 6.37. The second kappa shape index (κ2) is 7.01. The fraction of sp³-hybridized carbons (Fsp3) is 0.455. The van der Waals surface area contributed by atoms with Crippen LogP contribution in [0.15, 0.2) is 22.8 Å². The smallest absolute Gasteiger partial charge is 0.304 e. The number of thioether (sulfide) groups is 1. The van der Waals surface area contributed by atoms with Crippen LogP contribution in [-0.2, 0) is 9.59 Å². The second-order valence-electron chi connectivity index (χ2n) is 3.50. The van der Waals surface area contributed by atoms with Crippen molar-refractivity contribution in [2.75, 3.05) is 11.5 Å². The summed E-state index contributed by atoms with van der Waals surface area (Å²) in [6, 6.07) is 3.39. The van der Waals surface area contributed by atoms with Crippen LogP contribution in [0, 0.1) is 0 Å². The molecule has 1 heterocycles. The Hall–Kier alpha value is -1.43. The Balaban J connectivity index is 2.19. The van der Waals surface area contributed by atoms with Crippen molar-refractivity contribution in [1.29, 1.82) is 0 Å². The summed E-state index contributed by atoms with van der Waals surface area (Å²) in [4.78, 5) is 21.7. The molecule has 1 unspecified atom stereocenters. The molecule has 1 aromatic rings. The van der Waals surface area contributed by atoms with Gasteiger partial charge in [0.25, 0.3) is 0 Å². The Morgan fingerprint density at radius 1 is 1.59 bits per heavy atom. The van der Waals surface area contributed by atoms with Crippen molar-refractivity contribution >= 4 is 23.6 Å². The zero-order valence-corrected chi connectivity index (χ0v) is 10.3. The fourth-order valence-electron chi connectivity index (χ4n) is 1.22. The first-order chi connectivity index (χ1) is 8.09. The van der Waals surface area contributed by atoms with E-state index in [-0.39, 0.29) is 24.1 Å². The molecule has 0 aromatic carbocycles. The quantitative estimate of drug-likeness (QED) is 0.726. The van der Waals surface area contributed by atoms with E-state index in [1.165, 1.54) is 11.8 Å². The Kier molecular flexibility index (Phi) is 5.62. The molecule has 1 aromatic heterocycles. The van der Waals surface area contributed by atoms with Crippen molar-refractivity contribution in [2.45, 2.75) is 19.4 Å². The molecule has 0 saturated carbocycles. The number of hydrogen-bond donors (Lipinski definition) is 2. The maximum atomic E-state index is 11.5. The Morgan fingerprint density at radius 3 is 2.94 bits per heavy atom. The number of hydrogen-bond acceptors (Lipinski definition) is 4. The Labute approximate surface area is 104 Å². The van der Waals surface area contributed by atoms with Gasteiger partial charge in [-0.05, 0) is 19.1 Å². The molecule has 0 bridgehead atoms. The number of furan rings is 1. The number of carbonyl (C=O) groups excluding carboxylic acids is 1. The van der Waals surface area contributed by atoms with Crippen LogP contribution in [-0.4, -0.2) is 28.5 Å². The molecule has 94 valence electrons. The third-order valence-electron chi connectivity index (χ3n) is 2.04. The fourth-order valence-corrected chi connectivity index (χ4v) is 1.95. The number of amides is 1. The largest absolute Gasteiger partial charge is 0.481 e. The van der Waals surface area contributed by atoms with Crippen LogP contribution in [0.3, 0.4) is 0 Å². The predicted octanol–water partition coefficient (Wildman–Crippen LogP) is 1.66. The summed E-state index contributed by atoms with van der Waals surface area (Å²) < 4.78 is 5.15. The van der Waals surface area contributed by atoms with Gasteiger partial charge in [-0.2, -0.15) is 11.8 Å². The van der Waals surface area contributed by atoms with Crippen LogP contribution in [0.2, 0.25) is 0 Å². The molecule has 0 aliphatic rings. The van der Waals surface area contributed by atoms with E-state index < -0.39 is 5.97 Å². The molecule has 0 saturated heterocycles. The van der Waals surface area contributed by atoms with Crippen LogP contribution in [0.1, 0.15) is 25.1 Å². The van der Waals surface area contributed by atoms with Gasteiger partial charge in [0.2, 0.25) is 5.91 Å². The van der Waals surface area contributed by atoms with Crippen LogP contribution in [0.5, 0.6) is 0 Å². The average molecular weight is 257 g/mol. The summed E-state index contributed by atoms with van der Waals surface area (Å²) in [6.45, 7) is 1.83. The van der Waals surface area contributed by atoms with E-state index >= 15 is 0 Å². The summed E-state index contributed by atoms with van der Waals surface area (Å²) in [6.07, 6.45) is 1.63. The molecular formula is C11H15NO4S. The van der Waals surface area contributed by atoms with E-state index in [4.69, 9.17) is 9.52 Å². The van der Waals surface area contributed by atoms with Crippen molar-refractivity contribution in [3.63, 3.8) is 0 Å². The van der Waals surface area contributed by atoms with E-state index in [1.54, 1.807) is 18.4 Å². The molecule has 17 heavy (non-hydrogen) atoms. The highest BCUT2D eigenvalue weighted by Gasteiger charge is 2.11. The van der Waals surface area contributed by atoms with Gasteiger partial charge in [0.1, 0.15) is 5.76 Å². The summed E-state index contributed by atoms with van der Waals surface area (Å²) >= 11 is 1.31. The summed E-state index contributed by atoms with van der Waals surface area (Å²) in [5.74, 6) is 0.441. The number of rotatable bonds is 7. The van der Waals surface area contributed by atoms with Gasteiger partial charge < -0.3 is 14.8 Å². The normalized spacial score (nSPS) is 12.1. The number of carboxylic acid groups (broad SMARTS) is 1. The maximum absolute atomic E-state index is 11.5. The third-order valence-corrected chi connectivity index (χ3v) is 3.00. The van der Waals surface area contributed by atoms with Crippen molar-refractivity contribution in [3.8, 4) is 0 Å². The molecule has 1 rings (SSSR count). The topological polar surface area (TPSA) is 79.5 Å². The van der Waals surface area contributed by atoms with Crippen molar-refractivity contribution in [1.82, 2.24) is 5.32 Å². The molecule has 0 aliphatic carbocycles. The molecule has 6 heteroatoms. The average Bonchev–Trinajstić information content (AvgIpc) is 2.77. The first kappa shape index (κ1) is 13.6. The van der Waals surface area contributed by atoms with Gasteiger partial charge in [0, 0.05) is 5.75 Å². The lowest BCUT2D eigenvalue weighted by Gasteiger charge is -2.10. The minimum absolute atomic E-state index is 0.0751. The van der Waals surface area contributed by atoms with Crippen LogP contribution in [0.4, 0.5) is 0 Å². The molecule has 0 radical (unpaired) electrons. The second-order valence-corrected chi connectivity index (χ2v) is 4.61. The zero-order valence-electron chi connectivity index (χ0n) is 9.51. The van der Waals surface area contributed by atoms with Gasteiger partial charge in [-0.25, -0.2) is 0 Å². The first-order valence-electron chi connectivity index (χ1n) is 5.22. The van der Waals surface area contributed by atoms with E-state index in [0.717, 1.165) is 0 Å². The molecular weight excluding hydrogens is 242 g/mol. The van der Waals surface area contributed by atoms with Crippen LogP contribution < -0.4 is 5.32 Å². The molecule has 2 N–H and O–H groups in total. The lowest BCUT2D eigenvalue weighted by Crippen LogP contribution is -2.28. The van der Waals surface area contributed by atoms with E-state index in [2.05, 4.69) is 5.32 Å². The SMILES string of the molecule is CC(NC(=O)CSCCC(=O)O)c1ccco1. The van der Waals surface area contributed by atoms with Crippen molar-refractivity contribution in [3.05, 3.63) is 24.2 Å². The predicted molar refractivity (Wildman–Crippen MR) is 64.8 cm³/mol. The van der Waals surface area contributed by atoms with Crippen LogP contribution in [0.25, 0.3) is 0 Å². The number of aliphatic carboxylic acids is 1. The minimum Gasteiger partial charge on any atom is -0.481 e. The molecule has 0 aliphatic heterocycles. The van der Waals surface area contributed by atoms with Gasteiger partial charge in [0.15, 0.2) is 0 Å². The van der Waals surface area contributed by atoms with E-state index in [1.807, 2.05) is 6.92 Å².